The van der Waals surface area contributed by atoms with Gasteiger partial charge in [-0.3, -0.25) is 4.79 Å². The highest BCUT2D eigenvalue weighted by atomic mass is 32.2. The van der Waals surface area contributed by atoms with E-state index in [9.17, 15) is 4.79 Å². The molecule has 0 saturated heterocycles. The maximum absolute atomic E-state index is 11.4. The zero-order chi connectivity index (χ0) is 12.0. The third kappa shape index (κ3) is 3.50. The number of carbonyl (C=O) groups is 1. The molecule has 3 N–H and O–H groups in total. The SMILES string of the molecule is CCNC(C)(CSc1ccccn1)C(N)=O. The van der Waals surface area contributed by atoms with Gasteiger partial charge in [-0.1, -0.05) is 13.0 Å². The summed E-state index contributed by atoms with van der Waals surface area (Å²) in [4.78, 5) is 15.5. The second-order valence-electron chi connectivity index (χ2n) is 3.68. The molecule has 0 spiro atoms. The highest BCUT2D eigenvalue weighted by Gasteiger charge is 2.29. The molecule has 1 aromatic heterocycles. The van der Waals surface area contributed by atoms with Crippen molar-refractivity contribution < 1.29 is 4.79 Å². The van der Waals surface area contributed by atoms with Crippen molar-refractivity contribution in [3.63, 3.8) is 0 Å². The molecule has 0 saturated carbocycles. The third-order valence-electron chi connectivity index (χ3n) is 2.26. The lowest BCUT2D eigenvalue weighted by Crippen LogP contribution is -2.55. The van der Waals surface area contributed by atoms with E-state index in [0.29, 0.717) is 12.3 Å². The van der Waals surface area contributed by atoms with E-state index in [2.05, 4.69) is 10.3 Å². The Hall–Kier alpha value is -1.07. The van der Waals surface area contributed by atoms with Crippen LogP contribution in [0.25, 0.3) is 0 Å². The van der Waals surface area contributed by atoms with E-state index in [1.165, 1.54) is 11.8 Å². The first kappa shape index (κ1) is 13.0. The quantitative estimate of drug-likeness (QED) is 0.727. The van der Waals surface area contributed by atoms with Crippen LogP contribution in [0.4, 0.5) is 0 Å². The molecular weight excluding hydrogens is 222 g/mol. The maximum Gasteiger partial charge on any atom is 0.238 e. The number of pyridine rings is 1. The average molecular weight is 239 g/mol. The summed E-state index contributed by atoms with van der Waals surface area (Å²) in [6.45, 7) is 4.48. The standard InChI is InChI=1S/C11H17N3OS/c1-3-14-11(2,10(12)15)8-16-9-6-4-5-7-13-9/h4-7,14H,3,8H2,1-2H3,(H2,12,15). The second kappa shape index (κ2) is 5.86. The van der Waals surface area contributed by atoms with Crippen LogP contribution in [-0.4, -0.2) is 28.7 Å². The van der Waals surface area contributed by atoms with Gasteiger partial charge in [0.25, 0.3) is 0 Å². The van der Waals surface area contributed by atoms with Crippen molar-refractivity contribution in [2.75, 3.05) is 12.3 Å². The number of likely N-dealkylation sites (N-methyl/N-ethyl adjacent to an activating group) is 1. The predicted octanol–water partition coefficient (Wildman–Crippen LogP) is 1.03. The van der Waals surface area contributed by atoms with E-state index in [4.69, 9.17) is 5.73 Å². The van der Waals surface area contributed by atoms with Gasteiger partial charge in [0.2, 0.25) is 5.91 Å². The molecule has 0 aliphatic rings. The smallest absolute Gasteiger partial charge is 0.238 e. The van der Waals surface area contributed by atoms with Gasteiger partial charge in [-0.15, -0.1) is 11.8 Å². The van der Waals surface area contributed by atoms with Gasteiger partial charge in [0, 0.05) is 11.9 Å². The lowest BCUT2D eigenvalue weighted by atomic mass is 10.1. The molecule has 0 bridgehead atoms. The zero-order valence-corrected chi connectivity index (χ0v) is 10.4. The molecule has 0 fully saturated rings. The first-order chi connectivity index (χ1) is 7.58. The number of primary amides is 1. The second-order valence-corrected chi connectivity index (χ2v) is 4.68. The molecule has 5 heteroatoms. The van der Waals surface area contributed by atoms with Crippen molar-refractivity contribution in [2.24, 2.45) is 5.73 Å². The zero-order valence-electron chi connectivity index (χ0n) is 9.56. The summed E-state index contributed by atoms with van der Waals surface area (Å²) in [6.07, 6.45) is 1.73. The molecule has 1 unspecified atom stereocenters. The molecule has 1 aromatic rings. The minimum atomic E-state index is -0.684. The first-order valence-corrected chi connectivity index (χ1v) is 6.16. The van der Waals surface area contributed by atoms with Crippen molar-refractivity contribution in [1.82, 2.24) is 10.3 Å². The number of rotatable bonds is 6. The van der Waals surface area contributed by atoms with E-state index in [1.807, 2.05) is 32.0 Å². The van der Waals surface area contributed by atoms with Crippen molar-refractivity contribution in [2.45, 2.75) is 24.4 Å². The number of aromatic nitrogens is 1. The van der Waals surface area contributed by atoms with Crippen molar-refractivity contribution in [3.05, 3.63) is 24.4 Å². The number of amides is 1. The summed E-state index contributed by atoms with van der Waals surface area (Å²) in [6, 6.07) is 5.70. The molecule has 1 rings (SSSR count). The van der Waals surface area contributed by atoms with Crippen LogP contribution >= 0.6 is 11.8 Å². The average Bonchev–Trinajstić information content (AvgIpc) is 2.28. The molecule has 88 valence electrons. The Bertz CT molecular complexity index is 344. The summed E-state index contributed by atoms with van der Waals surface area (Å²) >= 11 is 1.52. The minimum Gasteiger partial charge on any atom is -0.368 e. The Labute approximate surface area is 100 Å². The molecule has 1 atom stereocenters. The van der Waals surface area contributed by atoms with Crippen molar-refractivity contribution in [3.8, 4) is 0 Å². The van der Waals surface area contributed by atoms with E-state index < -0.39 is 5.54 Å². The van der Waals surface area contributed by atoms with Gasteiger partial charge in [-0.05, 0) is 25.6 Å². The van der Waals surface area contributed by atoms with E-state index in [0.717, 1.165) is 5.03 Å². The van der Waals surface area contributed by atoms with Gasteiger partial charge in [-0.25, -0.2) is 4.98 Å². The Morgan fingerprint density at radius 3 is 2.88 bits per heavy atom. The van der Waals surface area contributed by atoms with E-state index >= 15 is 0 Å². The summed E-state index contributed by atoms with van der Waals surface area (Å²) in [7, 11) is 0. The largest absolute Gasteiger partial charge is 0.368 e. The summed E-state index contributed by atoms with van der Waals surface area (Å²) < 4.78 is 0. The number of carbonyl (C=O) groups excluding carboxylic acids is 1. The fourth-order valence-corrected chi connectivity index (χ4v) is 2.24. The predicted molar refractivity (Wildman–Crippen MR) is 66.2 cm³/mol. The maximum atomic E-state index is 11.4. The normalized spacial score (nSPS) is 14.4. The lowest BCUT2D eigenvalue weighted by molar-refractivity contribution is -0.122. The summed E-state index contributed by atoms with van der Waals surface area (Å²) in [5, 5.41) is 4.00. The van der Waals surface area contributed by atoms with Crippen LogP contribution in [0.2, 0.25) is 0 Å². The molecular formula is C11H17N3OS. The van der Waals surface area contributed by atoms with Crippen LogP contribution in [0.5, 0.6) is 0 Å². The van der Waals surface area contributed by atoms with Crippen LogP contribution in [0.3, 0.4) is 0 Å². The van der Waals surface area contributed by atoms with Gasteiger partial charge in [0.05, 0.1) is 5.03 Å². The lowest BCUT2D eigenvalue weighted by Gasteiger charge is -2.26. The van der Waals surface area contributed by atoms with Crippen LogP contribution < -0.4 is 11.1 Å². The number of hydrogen-bond donors (Lipinski definition) is 2. The van der Waals surface area contributed by atoms with E-state index in [1.54, 1.807) is 6.20 Å². The highest BCUT2D eigenvalue weighted by molar-refractivity contribution is 7.99. The first-order valence-electron chi connectivity index (χ1n) is 5.17. The molecule has 4 nitrogen and oxygen atoms in total. The number of hydrogen-bond acceptors (Lipinski definition) is 4. The third-order valence-corrected chi connectivity index (χ3v) is 3.52. The molecule has 0 aromatic carbocycles. The summed E-state index contributed by atoms with van der Waals surface area (Å²) in [5.74, 6) is 0.241. The molecule has 16 heavy (non-hydrogen) atoms. The molecule has 0 aliphatic carbocycles. The van der Waals surface area contributed by atoms with Crippen LogP contribution in [-0.2, 0) is 4.79 Å². The summed E-state index contributed by atoms with van der Waals surface area (Å²) in [5.41, 5.74) is 4.70. The van der Waals surface area contributed by atoms with Crippen LogP contribution in [0, 0.1) is 0 Å². The number of thioether (sulfide) groups is 1. The van der Waals surface area contributed by atoms with Crippen molar-refractivity contribution >= 4 is 17.7 Å². The van der Waals surface area contributed by atoms with Crippen LogP contribution in [0.15, 0.2) is 29.4 Å². The van der Waals surface area contributed by atoms with Gasteiger partial charge < -0.3 is 11.1 Å². The Morgan fingerprint density at radius 2 is 2.38 bits per heavy atom. The van der Waals surface area contributed by atoms with Gasteiger partial charge in [0.1, 0.15) is 5.54 Å². The molecule has 0 aliphatic heterocycles. The Morgan fingerprint density at radius 1 is 1.62 bits per heavy atom. The fraction of sp³-hybridized carbons (Fsp3) is 0.455. The Kier molecular flexibility index (Phi) is 4.76. The minimum absolute atomic E-state index is 0.335. The monoisotopic (exact) mass is 239 g/mol. The van der Waals surface area contributed by atoms with Gasteiger partial charge in [-0.2, -0.15) is 0 Å². The Balaban J connectivity index is 2.60. The topological polar surface area (TPSA) is 68.0 Å². The number of nitrogens with zero attached hydrogens (tertiary/aromatic N) is 1. The molecule has 1 heterocycles. The number of nitrogens with two attached hydrogens (primary N) is 1. The highest BCUT2D eigenvalue weighted by Crippen LogP contribution is 2.20. The van der Waals surface area contributed by atoms with Gasteiger partial charge >= 0.3 is 0 Å². The van der Waals surface area contributed by atoms with Gasteiger partial charge in [0.15, 0.2) is 0 Å². The molecule has 1 amide bonds. The fourth-order valence-electron chi connectivity index (χ4n) is 1.25. The van der Waals surface area contributed by atoms with Crippen LogP contribution in [0.1, 0.15) is 13.8 Å². The number of nitrogens with one attached hydrogen (secondary N) is 1. The van der Waals surface area contributed by atoms with Crippen molar-refractivity contribution in [1.29, 1.82) is 0 Å². The molecule has 0 radical (unpaired) electrons. The van der Waals surface area contributed by atoms with E-state index in [-0.39, 0.29) is 5.91 Å².